The lowest BCUT2D eigenvalue weighted by Crippen LogP contribution is -2.47. The Morgan fingerprint density at radius 1 is 1.28 bits per heavy atom. The Morgan fingerprint density at radius 3 is 2.76 bits per heavy atom. The Kier molecular flexibility index (Phi) is 7.08. The number of hydrogen-bond acceptors (Lipinski definition) is 7. The summed E-state index contributed by atoms with van der Waals surface area (Å²) in [5.74, 6) is 0.225. The number of aromatic nitrogens is 4. The number of urea groups is 1. The van der Waals surface area contributed by atoms with Crippen LogP contribution < -0.4 is 15.4 Å². The molecule has 0 bridgehead atoms. The van der Waals surface area contributed by atoms with Gasteiger partial charge in [-0.15, -0.1) is 5.10 Å². The van der Waals surface area contributed by atoms with Crippen molar-refractivity contribution in [2.45, 2.75) is 62.4 Å². The lowest BCUT2D eigenvalue weighted by Gasteiger charge is -2.23. The van der Waals surface area contributed by atoms with Crippen LogP contribution in [0.5, 0.6) is 5.75 Å². The van der Waals surface area contributed by atoms with E-state index < -0.39 is 17.2 Å². The molecular formula is C19H26N6O3S. The molecule has 29 heavy (non-hydrogen) atoms. The highest BCUT2D eigenvalue weighted by Gasteiger charge is 2.23. The fraction of sp³-hybridized carbons (Fsp3) is 0.526. The van der Waals surface area contributed by atoms with Gasteiger partial charge in [-0.25, -0.2) is 4.79 Å². The molecule has 1 atom stereocenters. The van der Waals surface area contributed by atoms with Gasteiger partial charge in [0.1, 0.15) is 11.4 Å². The number of tetrazole rings is 1. The summed E-state index contributed by atoms with van der Waals surface area (Å²) in [5.41, 5.74) is 1.71. The number of nitrogens with one attached hydrogen (secondary N) is 2. The van der Waals surface area contributed by atoms with Crippen LogP contribution in [-0.2, 0) is 4.79 Å². The number of hydrogen-bond donors (Lipinski definition) is 2. The highest BCUT2D eigenvalue weighted by Crippen LogP contribution is 2.28. The predicted octanol–water partition coefficient (Wildman–Crippen LogP) is 2.62. The van der Waals surface area contributed by atoms with Gasteiger partial charge in [0.25, 0.3) is 0 Å². The van der Waals surface area contributed by atoms with Gasteiger partial charge >= 0.3 is 6.03 Å². The first-order valence-corrected chi connectivity index (χ1v) is 10.6. The SMILES string of the molecule is COc1ccc(C)cc1-n1nnnc1S[C@@H](C)C(=O)NC(=O)NC1CCCCC1. The maximum atomic E-state index is 12.5. The second kappa shape index (κ2) is 9.73. The van der Waals surface area contributed by atoms with Crippen LogP contribution in [0.2, 0.25) is 0 Å². The molecule has 1 saturated carbocycles. The smallest absolute Gasteiger partial charge is 0.321 e. The largest absolute Gasteiger partial charge is 0.494 e. The van der Waals surface area contributed by atoms with Gasteiger partial charge in [0.2, 0.25) is 11.1 Å². The van der Waals surface area contributed by atoms with E-state index in [9.17, 15) is 9.59 Å². The Balaban J connectivity index is 1.63. The molecule has 0 saturated heterocycles. The summed E-state index contributed by atoms with van der Waals surface area (Å²) in [7, 11) is 1.58. The average molecular weight is 419 g/mol. The van der Waals surface area contributed by atoms with E-state index >= 15 is 0 Å². The summed E-state index contributed by atoms with van der Waals surface area (Å²) < 4.78 is 6.93. The predicted molar refractivity (Wildman–Crippen MR) is 109 cm³/mol. The molecule has 1 aromatic heterocycles. The fourth-order valence-corrected chi connectivity index (χ4v) is 4.06. The van der Waals surface area contributed by atoms with Crippen molar-refractivity contribution in [1.82, 2.24) is 30.8 Å². The second-order valence-corrected chi connectivity index (χ2v) is 8.41. The van der Waals surface area contributed by atoms with Crippen LogP contribution >= 0.6 is 11.8 Å². The van der Waals surface area contributed by atoms with E-state index in [1.807, 2.05) is 25.1 Å². The number of ether oxygens (including phenoxy) is 1. The number of nitrogens with zero attached hydrogens (tertiary/aromatic N) is 4. The third-order valence-corrected chi connectivity index (χ3v) is 5.87. The van der Waals surface area contributed by atoms with E-state index in [0.717, 1.165) is 31.2 Å². The topological polar surface area (TPSA) is 111 Å². The summed E-state index contributed by atoms with van der Waals surface area (Å²) in [5, 5.41) is 17.0. The normalized spacial score (nSPS) is 15.6. The first-order chi connectivity index (χ1) is 14.0. The molecule has 10 heteroatoms. The molecule has 1 aliphatic rings. The Morgan fingerprint density at radius 2 is 2.03 bits per heavy atom. The van der Waals surface area contributed by atoms with E-state index in [1.54, 1.807) is 14.0 Å². The molecule has 156 valence electrons. The molecule has 0 aliphatic heterocycles. The molecule has 2 N–H and O–H groups in total. The van der Waals surface area contributed by atoms with Crippen LogP contribution in [0.15, 0.2) is 23.4 Å². The van der Waals surface area contributed by atoms with Crippen molar-refractivity contribution in [1.29, 1.82) is 0 Å². The van der Waals surface area contributed by atoms with Gasteiger partial charge in [0, 0.05) is 6.04 Å². The van der Waals surface area contributed by atoms with Crippen LogP contribution in [0.3, 0.4) is 0 Å². The van der Waals surface area contributed by atoms with Crippen LogP contribution in [0.1, 0.15) is 44.6 Å². The van der Waals surface area contributed by atoms with E-state index in [1.165, 1.54) is 22.9 Å². The van der Waals surface area contributed by atoms with Crippen molar-refractivity contribution >= 4 is 23.7 Å². The molecule has 1 aliphatic carbocycles. The fourth-order valence-electron chi connectivity index (χ4n) is 3.26. The van der Waals surface area contributed by atoms with Gasteiger partial charge in [-0.05, 0) is 54.8 Å². The van der Waals surface area contributed by atoms with E-state index in [0.29, 0.717) is 16.6 Å². The third-order valence-electron chi connectivity index (χ3n) is 4.83. The standard InChI is InChI=1S/C19H26N6O3S/c1-12-9-10-16(28-3)15(11-12)25-19(22-23-24-25)29-13(2)17(26)21-18(27)20-14-7-5-4-6-8-14/h9-11,13-14H,4-8H2,1-3H3,(H2,20,21,26,27)/t13-/m0/s1. The minimum Gasteiger partial charge on any atom is -0.494 e. The molecule has 1 fully saturated rings. The highest BCUT2D eigenvalue weighted by atomic mass is 32.2. The summed E-state index contributed by atoms with van der Waals surface area (Å²) in [4.78, 5) is 24.6. The van der Waals surface area contributed by atoms with Gasteiger partial charge in [-0.2, -0.15) is 4.68 Å². The summed E-state index contributed by atoms with van der Waals surface area (Å²) in [6, 6.07) is 5.36. The minimum absolute atomic E-state index is 0.139. The van der Waals surface area contributed by atoms with Crippen molar-refractivity contribution in [3.05, 3.63) is 23.8 Å². The highest BCUT2D eigenvalue weighted by molar-refractivity contribution is 8.00. The van der Waals surface area contributed by atoms with Gasteiger partial charge in [0.05, 0.1) is 12.4 Å². The minimum atomic E-state index is -0.562. The second-order valence-electron chi connectivity index (χ2n) is 7.11. The summed E-state index contributed by atoms with van der Waals surface area (Å²) in [6.45, 7) is 3.67. The van der Waals surface area contributed by atoms with Gasteiger partial charge in [0.15, 0.2) is 0 Å². The van der Waals surface area contributed by atoms with E-state index in [-0.39, 0.29) is 6.04 Å². The zero-order chi connectivity index (χ0) is 20.8. The molecule has 2 aromatic rings. The first-order valence-electron chi connectivity index (χ1n) is 9.69. The average Bonchev–Trinajstić information content (AvgIpc) is 3.16. The van der Waals surface area contributed by atoms with Gasteiger partial charge in [-0.1, -0.05) is 37.1 Å². The maximum Gasteiger partial charge on any atom is 0.321 e. The van der Waals surface area contributed by atoms with Crippen molar-refractivity contribution in [2.24, 2.45) is 0 Å². The number of rotatable bonds is 6. The number of benzene rings is 1. The number of carbonyl (C=O) groups is 2. The quantitative estimate of drug-likeness (QED) is 0.694. The monoisotopic (exact) mass is 418 g/mol. The van der Waals surface area contributed by atoms with Crippen molar-refractivity contribution in [3.63, 3.8) is 0 Å². The molecule has 0 radical (unpaired) electrons. The molecule has 0 unspecified atom stereocenters. The lowest BCUT2D eigenvalue weighted by molar-refractivity contribution is -0.119. The maximum absolute atomic E-state index is 12.5. The number of methoxy groups -OCH3 is 1. The molecule has 1 aromatic carbocycles. The van der Waals surface area contributed by atoms with Crippen LogP contribution in [0.25, 0.3) is 5.69 Å². The molecule has 9 nitrogen and oxygen atoms in total. The summed E-state index contributed by atoms with van der Waals surface area (Å²) >= 11 is 1.17. The Labute approximate surface area is 174 Å². The summed E-state index contributed by atoms with van der Waals surface area (Å²) in [6.07, 6.45) is 5.33. The third kappa shape index (κ3) is 5.47. The molecule has 1 heterocycles. The molecular weight excluding hydrogens is 392 g/mol. The Bertz CT molecular complexity index is 865. The van der Waals surface area contributed by atoms with Crippen molar-refractivity contribution in [3.8, 4) is 11.4 Å². The zero-order valence-corrected chi connectivity index (χ0v) is 17.7. The van der Waals surface area contributed by atoms with E-state index in [2.05, 4.69) is 26.2 Å². The van der Waals surface area contributed by atoms with Gasteiger partial charge in [-0.3, -0.25) is 10.1 Å². The van der Waals surface area contributed by atoms with Crippen molar-refractivity contribution in [2.75, 3.05) is 7.11 Å². The van der Waals surface area contributed by atoms with E-state index in [4.69, 9.17) is 4.74 Å². The van der Waals surface area contributed by atoms with Crippen LogP contribution in [-0.4, -0.2) is 50.5 Å². The lowest BCUT2D eigenvalue weighted by atomic mass is 9.96. The number of carbonyl (C=O) groups excluding carboxylic acids is 2. The number of aryl methyl sites for hydroxylation is 1. The first kappa shape index (κ1) is 21.1. The van der Waals surface area contributed by atoms with Crippen LogP contribution in [0.4, 0.5) is 4.79 Å². The van der Waals surface area contributed by atoms with Crippen molar-refractivity contribution < 1.29 is 14.3 Å². The number of imide groups is 1. The van der Waals surface area contributed by atoms with Gasteiger partial charge < -0.3 is 10.1 Å². The Hall–Kier alpha value is -2.62. The molecule has 3 amide bonds. The zero-order valence-electron chi connectivity index (χ0n) is 16.8. The van der Waals surface area contributed by atoms with Crippen LogP contribution in [0, 0.1) is 6.92 Å². The number of amides is 3. The molecule has 0 spiro atoms. The number of thioether (sulfide) groups is 1. The molecule has 3 rings (SSSR count).